The minimum Gasteiger partial charge on any atom is -0.478 e. The van der Waals surface area contributed by atoms with Crippen LogP contribution in [0.2, 0.25) is 0 Å². The lowest BCUT2D eigenvalue weighted by Crippen LogP contribution is -2.47. The number of hydrogen-bond acceptors (Lipinski definition) is 11. The zero-order chi connectivity index (χ0) is 36.3. The van der Waals surface area contributed by atoms with Gasteiger partial charge in [-0.05, 0) is 92.1 Å². The Balaban J connectivity index is 0.000000292. The molecule has 1 saturated heterocycles. The number of aryl methyl sites for hydroxylation is 1. The molecule has 0 atom stereocenters. The first kappa shape index (κ1) is 35.5. The Labute approximate surface area is 290 Å². The predicted octanol–water partition coefficient (Wildman–Crippen LogP) is 4.57. The summed E-state index contributed by atoms with van der Waals surface area (Å²) in [5.41, 5.74) is 3.04. The summed E-state index contributed by atoms with van der Waals surface area (Å²) in [6.45, 7) is 6.63. The monoisotopic (exact) mass is 726 g/mol. The zero-order valence-electron chi connectivity index (χ0n) is 27.2. The summed E-state index contributed by atoms with van der Waals surface area (Å²) < 4.78 is 69.8. The molecule has 0 spiro atoms. The second-order valence-corrected chi connectivity index (χ2v) is 13.5. The number of ether oxygens (including phenoxy) is 1. The predicted molar refractivity (Wildman–Crippen MR) is 177 cm³/mol. The van der Waals surface area contributed by atoms with Gasteiger partial charge in [0.15, 0.2) is 5.69 Å². The fraction of sp³-hybridized carbons (Fsp3) is 0.303. The first-order chi connectivity index (χ1) is 24.2. The average molecular weight is 727 g/mol. The number of aromatic nitrogens is 5. The van der Waals surface area contributed by atoms with Crippen LogP contribution in [-0.4, -0.2) is 87.9 Å². The van der Waals surface area contributed by atoms with Crippen LogP contribution >= 0.6 is 0 Å². The molecule has 18 heteroatoms. The van der Waals surface area contributed by atoms with Crippen molar-refractivity contribution in [3.63, 3.8) is 0 Å². The van der Waals surface area contributed by atoms with Crippen LogP contribution in [0.3, 0.4) is 0 Å². The molecule has 2 fully saturated rings. The van der Waals surface area contributed by atoms with Gasteiger partial charge in [-0.3, -0.25) is 9.58 Å². The third-order valence-electron chi connectivity index (χ3n) is 8.25. The van der Waals surface area contributed by atoms with Crippen molar-refractivity contribution in [1.82, 2.24) is 29.8 Å². The highest BCUT2D eigenvalue weighted by Gasteiger charge is 2.32. The van der Waals surface area contributed by atoms with Crippen molar-refractivity contribution >= 4 is 21.8 Å². The van der Waals surface area contributed by atoms with Crippen molar-refractivity contribution in [2.75, 3.05) is 31.1 Å². The van der Waals surface area contributed by atoms with E-state index < -0.39 is 22.4 Å². The minimum absolute atomic E-state index is 0.0207. The number of halogens is 3. The molecule has 0 bridgehead atoms. The number of rotatable bonds is 9. The average Bonchev–Trinajstić information content (AvgIpc) is 3.72. The lowest BCUT2D eigenvalue weighted by molar-refractivity contribution is -0.274. The van der Waals surface area contributed by atoms with Crippen molar-refractivity contribution in [2.45, 2.75) is 43.6 Å². The van der Waals surface area contributed by atoms with Gasteiger partial charge in [0.1, 0.15) is 11.6 Å². The van der Waals surface area contributed by atoms with Crippen LogP contribution < -0.4 is 14.8 Å². The van der Waals surface area contributed by atoms with E-state index in [1.54, 1.807) is 0 Å². The van der Waals surface area contributed by atoms with Crippen LogP contribution in [0.1, 0.15) is 34.5 Å². The van der Waals surface area contributed by atoms with E-state index in [-0.39, 0.29) is 27.9 Å². The molecule has 1 aliphatic heterocycles. The highest BCUT2D eigenvalue weighted by molar-refractivity contribution is 7.89. The summed E-state index contributed by atoms with van der Waals surface area (Å²) >= 11 is 0. The van der Waals surface area contributed by atoms with Gasteiger partial charge in [-0.25, -0.2) is 23.3 Å². The number of pyridine rings is 1. The number of benzene rings is 2. The molecule has 5 aromatic rings. The van der Waals surface area contributed by atoms with E-state index in [0.29, 0.717) is 17.8 Å². The summed E-state index contributed by atoms with van der Waals surface area (Å²) in [7, 11) is -3.74. The van der Waals surface area contributed by atoms with Gasteiger partial charge in [0.25, 0.3) is 5.89 Å². The van der Waals surface area contributed by atoms with Gasteiger partial charge in [-0.1, -0.05) is 5.16 Å². The standard InChI is InChI=1S/C26H26F3N7O2.C7H7NO4S/c1-17-14-22(25-31-24(33-38-25)19-2-6-21(7-3-19)37-26(27,28)29)32-36(17)16-18-8-9-30-23(15-18)35-12-10-34(11-13-35)20-4-5-20;8-13(11,12)6-3-1-5(2-4-6)7(9)10/h2-3,6-9,14-15,20H,4-5,10-13,16H2,1H3;1-4H,(H,9,10)(H2,8,11,12). The molecule has 1 saturated carbocycles. The number of nitrogens with two attached hydrogens (primary N) is 1. The molecule has 0 radical (unpaired) electrons. The van der Waals surface area contributed by atoms with E-state index in [4.69, 9.17) is 14.8 Å². The third kappa shape index (κ3) is 9.27. The molecule has 3 aromatic heterocycles. The fourth-order valence-corrected chi connectivity index (χ4v) is 5.99. The van der Waals surface area contributed by atoms with Crippen molar-refractivity contribution in [1.29, 1.82) is 0 Å². The minimum atomic E-state index is -4.75. The van der Waals surface area contributed by atoms with Gasteiger partial charge in [-0.2, -0.15) is 10.1 Å². The number of anilines is 1. The molecule has 14 nitrogen and oxygen atoms in total. The Kier molecular flexibility index (Phi) is 10.1. The van der Waals surface area contributed by atoms with Gasteiger partial charge in [-0.15, -0.1) is 13.2 Å². The van der Waals surface area contributed by atoms with Crippen molar-refractivity contribution in [3.05, 3.63) is 89.7 Å². The number of hydrogen-bond donors (Lipinski definition) is 2. The third-order valence-corrected chi connectivity index (χ3v) is 9.18. The van der Waals surface area contributed by atoms with E-state index in [0.717, 1.165) is 61.4 Å². The Morgan fingerprint density at radius 3 is 2.31 bits per heavy atom. The van der Waals surface area contributed by atoms with Crippen LogP contribution in [-0.2, 0) is 16.6 Å². The van der Waals surface area contributed by atoms with Crippen molar-refractivity contribution in [3.8, 4) is 28.7 Å². The Morgan fingerprint density at radius 1 is 1.02 bits per heavy atom. The van der Waals surface area contributed by atoms with Crippen LogP contribution in [0.25, 0.3) is 23.0 Å². The van der Waals surface area contributed by atoms with E-state index in [9.17, 15) is 26.4 Å². The fourth-order valence-electron chi connectivity index (χ4n) is 5.47. The molecule has 4 heterocycles. The SMILES string of the molecule is Cc1cc(-c2nc(-c3ccc(OC(F)(F)F)cc3)no2)nn1Cc1ccnc(N2CCN(C3CC3)CC2)c1.NS(=O)(=O)c1ccc(C(=O)O)cc1. The second-order valence-electron chi connectivity index (χ2n) is 12.0. The number of alkyl halides is 3. The quantitative estimate of drug-likeness (QED) is 0.216. The van der Waals surface area contributed by atoms with E-state index in [1.165, 1.54) is 49.2 Å². The van der Waals surface area contributed by atoms with E-state index in [1.807, 2.05) is 29.9 Å². The van der Waals surface area contributed by atoms with Crippen molar-refractivity contribution in [2.24, 2.45) is 5.14 Å². The van der Waals surface area contributed by atoms with Crippen LogP contribution in [0.4, 0.5) is 19.0 Å². The molecule has 0 unspecified atom stereocenters. The molecule has 268 valence electrons. The van der Waals surface area contributed by atoms with Gasteiger partial charge >= 0.3 is 12.3 Å². The molecule has 2 aromatic carbocycles. The largest absolute Gasteiger partial charge is 0.573 e. The summed E-state index contributed by atoms with van der Waals surface area (Å²) in [5, 5.41) is 21.9. The van der Waals surface area contributed by atoms with Crippen LogP contribution in [0.15, 0.2) is 82.3 Å². The van der Waals surface area contributed by atoms with Crippen LogP contribution in [0, 0.1) is 6.92 Å². The second kappa shape index (κ2) is 14.5. The zero-order valence-corrected chi connectivity index (χ0v) is 28.0. The van der Waals surface area contributed by atoms with E-state index >= 15 is 0 Å². The van der Waals surface area contributed by atoms with Gasteiger partial charge < -0.3 is 19.3 Å². The number of carboxylic acid groups (broad SMARTS) is 1. The number of carbonyl (C=O) groups is 1. The lowest BCUT2D eigenvalue weighted by atomic mass is 10.2. The maximum Gasteiger partial charge on any atom is 0.573 e. The highest BCUT2D eigenvalue weighted by Crippen LogP contribution is 2.29. The van der Waals surface area contributed by atoms with Crippen LogP contribution in [0.5, 0.6) is 5.75 Å². The van der Waals surface area contributed by atoms with E-state index in [2.05, 4.69) is 40.8 Å². The molecule has 51 heavy (non-hydrogen) atoms. The van der Waals surface area contributed by atoms with Gasteiger partial charge in [0, 0.05) is 49.7 Å². The number of carboxylic acids is 1. The summed E-state index contributed by atoms with van der Waals surface area (Å²) in [4.78, 5) is 24.2. The number of primary sulfonamides is 1. The normalized spacial score (nSPS) is 15.3. The molecule has 1 aliphatic carbocycles. The van der Waals surface area contributed by atoms with Crippen molar-refractivity contribution < 1.29 is 40.8 Å². The number of sulfonamides is 1. The molecule has 3 N–H and O–H groups in total. The summed E-state index contributed by atoms with van der Waals surface area (Å²) in [6.07, 6.45) is -0.247. The maximum atomic E-state index is 12.4. The highest BCUT2D eigenvalue weighted by atomic mass is 32.2. The topological polar surface area (TPSA) is 183 Å². The molecule has 0 amide bonds. The number of aromatic carboxylic acids is 1. The lowest BCUT2D eigenvalue weighted by Gasteiger charge is -2.35. The Hall–Kier alpha value is -5.33. The Bertz CT molecular complexity index is 2090. The number of nitrogens with zero attached hydrogens (tertiary/aromatic N) is 7. The molecule has 2 aliphatic rings. The Morgan fingerprint density at radius 2 is 1.71 bits per heavy atom. The van der Waals surface area contributed by atoms with Gasteiger partial charge in [0.2, 0.25) is 15.8 Å². The maximum absolute atomic E-state index is 12.4. The summed E-state index contributed by atoms with van der Waals surface area (Å²) in [6, 6.07) is 16.7. The molecule has 7 rings (SSSR count). The first-order valence-electron chi connectivity index (χ1n) is 15.8. The first-order valence-corrected chi connectivity index (χ1v) is 17.3. The molecular weight excluding hydrogens is 693 g/mol. The summed E-state index contributed by atoms with van der Waals surface area (Å²) in [5.74, 6) is 0.0176. The smallest absolute Gasteiger partial charge is 0.478 e. The van der Waals surface area contributed by atoms with Gasteiger partial charge in [0.05, 0.1) is 17.0 Å². The number of piperazine rings is 1. The molecular formula is C33H33F3N8O6S.